The SMILES string of the molecule is COC(=O)CN(c1ccccc1)C1CC1. The molecule has 1 aromatic carbocycles. The highest BCUT2D eigenvalue weighted by atomic mass is 16.5. The van der Waals surface area contributed by atoms with Crippen LogP contribution in [0.3, 0.4) is 0 Å². The van der Waals surface area contributed by atoms with Crippen LogP contribution in [0.15, 0.2) is 30.3 Å². The van der Waals surface area contributed by atoms with Crippen molar-refractivity contribution in [2.24, 2.45) is 0 Å². The van der Waals surface area contributed by atoms with E-state index in [9.17, 15) is 4.79 Å². The van der Waals surface area contributed by atoms with Crippen LogP contribution in [-0.4, -0.2) is 25.7 Å². The number of hydrogen-bond acceptors (Lipinski definition) is 3. The molecule has 2 rings (SSSR count). The Hall–Kier alpha value is -1.51. The van der Waals surface area contributed by atoms with Crippen LogP contribution in [0.1, 0.15) is 12.8 Å². The second-order valence-corrected chi connectivity index (χ2v) is 3.77. The van der Waals surface area contributed by atoms with Crippen LogP contribution in [-0.2, 0) is 9.53 Å². The molecule has 0 unspecified atom stereocenters. The van der Waals surface area contributed by atoms with Crippen molar-refractivity contribution in [2.45, 2.75) is 18.9 Å². The van der Waals surface area contributed by atoms with Gasteiger partial charge in [-0.05, 0) is 25.0 Å². The Morgan fingerprint density at radius 3 is 2.60 bits per heavy atom. The quantitative estimate of drug-likeness (QED) is 0.702. The van der Waals surface area contributed by atoms with Crippen LogP contribution in [0.2, 0.25) is 0 Å². The number of ether oxygens (including phenoxy) is 1. The number of anilines is 1. The van der Waals surface area contributed by atoms with E-state index < -0.39 is 0 Å². The van der Waals surface area contributed by atoms with E-state index in [2.05, 4.69) is 4.90 Å². The predicted molar refractivity (Wildman–Crippen MR) is 58.8 cm³/mol. The predicted octanol–water partition coefficient (Wildman–Crippen LogP) is 1.83. The molecule has 1 aliphatic carbocycles. The number of esters is 1. The molecule has 3 heteroatoms. The number of carbonyl (C=O) groups is 1. The number of hydrogen-bond donors (Lipinski definition) is 0. The van der Waals surface area contributed by atoms with Crippen molar-refractivity contribution in [1.82, 2.24) is 0 Å². The number of para-hydroxylation sites is 1. The van der Waals surface area contributed by atoms with Crippen molar-refractivity contribution in [2.75, 3.05) is 18.6 Å². The molecule has 0 amide bonds. The molecule has 0 atom stereocenters. The van der Waals surface area contributed by atoms with Gasteiger partial charge in [-0.2, -0.15) is 0 Å². The first-order valence-electron chi connectivity index (χ1n) is 5.20. The summed E-state index contributed by atoms with van der Waals surface area (Å²) in [6, 6.07) is 10.5. The fourth-order valence-corrected chi connectivity index (χ4v) is 1.64. The minimum absolute atomic E-state index is 0.175. The monoisotopic (exact) mass is 205 g/mol. The Morgan fingerprint density at radius 2 is 2.07 bits per heavy atom. The van der Waals surface area contributed by atoms with Crippen LogP contribution in [0.5, 0.6) is 0 Å². The van der Waals surface area contributed by atoms with Gasteiger partial charge in [0.15, 0.2) is 0 Å². The van der Waals surface area contributed by atoms with E-state index in [-0.39, 0.29) is 5.97 Å². The summed E-state index contributed by atoms with van der Waals surface area (Å²) in [4.78, 5) is 13.4. The summed E-state index contributed by atoms with van der Waals surface area (Å²) >= 11 is 0. The second-order valence-electron chi connectivity index (χ2n) is 3.77. The maximum Gasteiger partial charge on any atom is 0.325 e. The Bertz CT molecular complexity index is 333. The second kappa shape index (κ2) is 4.34. The summed E-state index contributed by atoms with van der Waals surface area (Å²) in [6.45, 7) is 0.352. The lowest BCUT2D eigenvalue weighted by Gasteiger charge is -2.22. The molecule has 0 radical (unpaired) electrons. The zero-order valence-corrected chi connectivity index (χ0v) is 8.85. The molecule has 0 bridgehead atoms. The molecule has 1 aromatic rings. The summed E-state index contributed by atoms with van der Waals surface area (Å²) in [5, 5.41) is 0. The fraction of sp³-hybridized carbons (Fsp3) is 0.417. The van der Waals surface area contributed by atoms with E-state index in [1.807, 2.05) is 30.3 Å². The molecule has 3 nitrogen and oxygen atoms in total. The van der Waals surface area contributed by atoms with Crippen molar-refractivity contribution in [3.05, 3.63) is 30.3 Å². The third-order valence-corrected chi connectivity index (χ3v) is 2.60. The van der Waals surface area contributed by atoms with Crippen LogP contribution in [0, 0.1) is 0 Å². The molecule has 0 saturated heterocycles. The van der Waals surface area contributed by atoms with Crippen LogP contribution in [0.25, 0.3) is 0 Å². The van der Waals surface area contributed by atoms with Crippen molar-refractivity contribution >= 4 is 11.7 Å². The van der Waals surface area contributed by atoms with Crippen LogP contribution >= 0.6 is 0 Å². The van der Waals surface area contributed by atoms with Crippen molar-refractivity contribution in [3.63, 3.8) is 0 Å². The summed E-state index contributed by atoms with van der Waals surface area (Å²) in [7, 11) is 1.43. The fourth-order valence-electron chi connectivity index (χ4n) is 1.64. The topological polar surface area (TPSA) is 29.5 Å². The van der Waals surface area contributed by atoms with E-state index in [0.717, 1.165) is 5.69 Å². The van der Waals surface area contributed by atoms with Crippen molar-refractivity contribution < 1.29 is 9.53 Å². The van der Waals surface area contributed by atoms with Crippen LogP contribution in [0.4, 0.5) is 5.69 Å². The third kappa shape index (κ3) is 2.49. The number of carbonyl (C=O) groups excluding carboxylic acids is 1. The molecule has 80 valence electrons. The lowest BCUT2D eigenvalue weighted by Crippen LogP contribution is -2.32. The minimum atomic E-state index is -0.175. The van der Waals surface area contributed by atoms with Gasteiger partial charge in [0, 0.05) is 11.7 Å². The molecule has 1 saturated carbocycles. The van der Waals surface area contributed by atoms with Gasteiger partial charge in [0.25, 0.3) is 0 Å². The van der Waals surface area contributed by atoms with Crippen molar-refractivity contribution in [1.29, 1.82) is 0 Å². The highest BCUT2D eigenvalue weighted by Gasteiger charge is 2.30. The number of methoxy groups -OCH3 is 1. The first-order chi connectivity index (χ1) is 7.31. The van der Waals surface area contributed by atoms with Gasteiger partial charge < -0.3 is 9.64 Å². The van der Waals surface area contributed by atoms with E-state index >= 15 is 0 Å². The molecule has 0 aromatic heterocycles. The van der Waals surface area contributed by atoms with E-state index in [1.54, 1.807) is 0 Å². The first-order valence-corrected chi connectivity index (χ1v) is 5.20. The number of nitrogens with zero attached hydrogens (tertiary/aromatic N) is 1. The minimum Gasteiger partial charge on any atom is -0.468 e. The van der Waals surface area contributed by atoms with E-state index in [1.165, 1.54) is 20.0 Å². The molecule has 0 N–H and O–H groups in total. The van der Waals surface area contributed by atoms with Gasteiger partial charge in [-0.3, -0.25) is 4.79 Å². The first kappa shape index (κ1) is 10.0. The molecule has 0 spiro atoms. The highest BCUT2D eigenvalue weighted by molar-refractivity contribution is 5.76. The van der Waals surface area contributed by atoms with Gasteiger partial charge in [-0.25, -0.2) is 0 Å². The normalized spacial score (nSPS) is 14.7. The Balaban J connectivity index is 2.10. The van der Waals surface area contributed by atoms with E-state index in [0.29, 0.717) is 12.6 Å². The smallest absolute Gasteiger partial charge is 0.325 e. The molecule has 1 aliphatic rings. The van der Waals surface area contributed by atoms with Gasteiger partial charge in [-0.1, -0.05) is 18.2 Å². The average molecular weight is 205 g/mol. The molecule has 0 aliphatic heterocycles. The third-order valence-electron chi connectivity index (χ3n) is 2.60. The van der Waals surface area contributed by atoms with Crippen LogP contribution < -0.4 is 4.90 Å². The number of benzene rings is 1. The molecular formula is C12H15NO2. The van der Waals surface area contributed by atoms with Gasteiger partial charge in [0.05, 0.1) is 7.11 Å². The van der Waals surface area contributed by atoms with E-state index in [4.69, 9.17) is 4.74 Å². The Kier molecular flexibility index (Phi) is 2.90. The summed E-state index contributed by atoms with van der Waals surface area (Å²) in [5.74, 6) is -0.175. The maximum absolute atomic E-state index is 11.3. The average Bonchev–Trinajstić information content (AvgIpc) is 3.10. The summed E-state index contributed by atoms with van der Waals surface area (Å²) in [5.41, 5.74) is 1.10. The van der Waals surface area contributed by atoms with Gasteiger partial charge >= 0.3 is 5.97 Å². The highest BCUT2D eigenvalue weighted by Crippen LogP contribution is 2.31. The van der Waals surface area contributed by atoms with Gasteiger partial charge in [-0.15, -0.1) is 0 Å². The van der Waals surface area contributed by atoms with Gasteiger partial charge in [0.2, 0.25) is 0 Å². The van der Waals surface area contributed by atoms with Crippen molar-refractivity contribution in [3.8, 4) is 0 Å². The molecule has 1 fully saturated rings. The summed E-state index contributed by atoms with van der Waals surface area (Å²) < 4.78 is 4.70. The molecule has 0 heterocycles. The summed E-state index contributed by atoms with van der Waals surface area (Å²) in [6.07, 6.45) is 2.35. The molecule has 15 heavy (non-hydrogen) atoms. The Morgan fingerprint density at radius 1 is 1.40 bits per heavy atom. The zero-order valence-electron chi connectivity index (χ0n) is 8.85. The standard InChI is InChI=1S/C12H15NO2/c1-15-12(14)9-13(11-7-8-11)10-5-3-2-4-6-10/h2-6,11H,7-9H2,1H3. The number of rotatable bonds is 4. The Labute approximate surface area is 89.7 Å². The zero-order chi connectivity index (χ0) is 10.7. The lowest BCUT2D eigenvalue weighted by atomic mass is 10.3. The largest absolute Gasteiger partial charge is 0.468 e. The van der Waals surface area contributed by atoms with Gasteiger partial charge in [0.1, 0.15) is 6.54 Å². The molecular weight excluding hydrogens is 190 g/mol. The lowest BCUT2D eigenvalue weighted by molar-refractivity contribution is -0.139. The maximum atomic E-state index is 11.3.